The maximum atomic E-state index is 11.6. The Balaban J connectivity index is 1.71. The zero-order valence-corrected chi connectivity index (χ0v) is 17.3. The van der Waals surface area contributed by atoms with Crippen molar-refractivity contribution in [3.05, 3.63) is 18.3 Å². The van der Waals surface area contributed by atoms with Gasteiger partial charge in [0.1, 0.15) is 11.9 Å². The molecule has 0 atom stereocenters. The summed E-state index contributed by atoms with van der Waals surface area (Å²) in [5.41, 5.74) is 7.11. The first-order valence-corrected chi connectivity index (χ1v) is 11.8. The van der Waals surface area contributed by atoms with Gasteiger partial charge in [0.15, 0.2) is 0 Å². The maximum Gasteiger partial charge on any atom is 0.229 e. The third-order valence-corrected chi connectivity index (χ3v) is 5.87. The largest absolute Gasteiger partial charge is 0.474 e. The van der Waals surface area contributed by atoms with Gasteiger partial charge in [0.05, 0.1) is 42.3 Å². The van der Waals surface area contributed by atoms with Gasteiger partial charge in [-0.15, -0.1) is 0 Å². The zero-order chi connectivity index (χ0) is 20.4. The molecule has 2 aromatic heterocycles. The molecule has 9 nitrogen and oxygen atoms in total. The van der Waals surface area contributed by atoms with Gasteiger partial charge in [-0.05, 0) is 31.7 Å². The van der Waals surface area contributed by atoms with Crippen LogP contribution in [-0.2, 0) is 14.8 Å². The van der Waals surface area contributed by atoms with E-state index in [2.05, 4.69) is 14.6 Å². The molecule has 29 heavy (non-hydrogen) atoms. The molecular formula is C19H27N5O4S. The van der Waals surface area contributed by atoms with Crippen LogP contribution in [0.2, 0.25) is 0 Å². The van der Waals surface area contributed by atoms with Crippen molar-refractivity contribution in [2.75, 3.05) is 42.2 Å². The molecule has 4 rings (SSSR count). The first-order valence-electron chi connectivity index (χ1n) is 9.91. The minimum Gasteiger partial charge on any atom is -0.474 e. The van der Waals surface area contributed by atoms with Crippen LogP contribution in [0.15, 0.2) is 18.3 Å². The van der Waals surface area contributed by atoms with E-state index < -0.39 is 10.0 Å². The van der Waals surface area contributed by atoms with Gasteiger partial charge >= 0.3 is 0 Å². The van der Waals surface area contributed by atoms with Crippen molar-refractivity contribution in [1.82, 2.24) is 9.97 Å². The molecule has 10 heteroatoms. The van der Waals surface area contributed by atoms with Crippen molar-refractivity contribution < 1.29 is 17.9 Å². The summed E-state index contributed by atoms with van der Waals surface area (Å²) in [5.74, 6) is 1.27. The minimum absolute atomic E-state index is 0.0389. The van der Waals surface area contributed by atoms with Crippen LogP contribution in [0.1, 0.15) is 25.7 Å². The smallest absolute Gasteiger partial charge is 0.229 e. The molecule has 2 aliphatic rings. The molecule has 0 unspecified atom stereocenters. The van der Waals surface area contributed by atoms with E-state index in [0.717, 1.165) is 50.8 Å². The van der Waals surface area contributed by atoms with Gasteiger partial charge in [-0.25, -0.2) is 8.42 Å². The van der Waals surface area contributed by atoms with Gasteiger partial charge in [-0.3, -0.25) is 9.71 Å². The third-order valence-electron chi connectivity index (χ3n) is 5.27. The average Bonchev–Trinajstić information content (AvgIpc) is 2.69. The van der Waals surface area contributed by atoms with Crippen molar-refractivity contribution in [1.29, 1.82) is 0 Å². The van der Waals surface area contributed by atoms with Crippen LogP contribution in [0, 0.1) is 0 Å². The van der Waals surface area contributed by atoms with Gasteiger partial charge in [0.25, 0.3) is 0 Å². The Hall–Kier alpha value is -2.17. The molecular weight excluding hydrogens is 394 g/mol. The van der Waals surface area contributed by atoms with Crippen molar-refractivity contribution in [2.24, 2.45) is 5.73 Å². The number of hydrogen-bond acceptors (Lipinski definition) is 8. The molecule has 0 aromatic carbocycles. The van der Waals surface area contributed by atoms with Crippen LogP contribution in [0.5, 0.6) is 5.88 Å². The van der Waals surface area contributed by atoms with E-state index in [1.165, 1.54) is 6.20 Å². The Morgan fingerprint density at radius 2 is 1.93 bits per heavy atom. The highest BCUT2D eigenvalue weighted by Gasteiger charge is 2.23. The second kappa shape index (κ2) is 8.29. The molecule has 0 spiro atoms. The number of ether oxygens (including phenoxy) is 2. The quantitative estimate of drug-likeness (QED) is 0.745. The van der Waals surface area contributed by atoms with Crippen molar-refractivity contribution in [3.63, 3.8) is 0 Å². The Morgan fingerprint density at radius 3 is 2.62 bits per heavy atom. The summed E-state index contributed by atoms with van der Waals surface area (Å²) in [4.78, 5) is 11.4. The van der Waals surface area contributed by atoms with Crippen LogP contribution in [0.3, 0.4) is 0 Å². The topological polar surface area (TPSA) is 120 Å². The average molecular weight is 422 g/mol. The number of hydrogen-bond donors (Lipinski definition) is 2. The van der Waals surface area contributed by atoms with Crippen LogP contribution >= 0.6 is 0 Å². The molecule has 1 aliphatic heterocycles. The number of nitrogens with two attached hydrogens (primary N) is 1. The molecule has 158 valence electrons. The number of fused-ring (bicyclic) bond motifs is 1. The summed E-state index contributed by atoms with van der Waals surface area (Å²) in [6, 6.07) is 3.87. The fraction of sp³-hybridized carbons (Fsp3) is 0.579. The van der Waals surface area contributed by atoms with E-state index in [0.29, 0.717) is 35.7 Å². The van der Waals surface area contributed by atoms with Gasteiger partial charge in [0.2, 0.25) is 15.9 Å². The lowest BCUT2D eigenvalue weighted by Gasteiger charge is -2.30. The molecule has 3 heterocycles. The molecule has 2 aromatic rings. The first kappa shape index (κ1) is 20.1. The molecule has 0 bridgehead atoms. The summed E-state index contributed by atoms with van der Waals surface area (Å²) in [7, 11) is -3.40. The number of nitrogens with one attached hydrogen (secondary N) is 1. The predicted octanol–water partition coefficient (Wildman–Crippen LogP) is 1.49. The Bertz CT molecular complexity index is 970. The van der Waals surface area contributed by atoms with Crippen LogP contribution in [-0.4, -0.2) is 63.1 Å². The number of aromatic nitrogens is 2. The van der Waals surface area contributed by atoms with E-state index in [1.54, 1.807) is 6.07 Å². The second-order valence-electron chi connectivity index (χ2n) is 7.70. The van der Waals surface area contributed by atoms with Crippen molar-refractivity contribution in [3.8, 4) is 5.88 Å². The highest BCUT2D eigenvalue weighted by Crippen LogP contribution is 2.32. The minimum atomic E-state index is -3.40. The predicted molar refractivity (Wildman–Crippen MR) is 112 cm³/mol. The molecule has 0 radical (unpaired) electrons. The van der Waals surface area contributed by atoms with E-state index in [1.807, 2.05) is 6.07 Å². The highest BCUT2D eigenvalue weighted by atomic mass is 32.2. The van der Waals surface area contributed by atoms with Gasteiger partial charge < -0.3 is 20.1 Å². The number of nitrogens with zero attached hydrogens (tertiary/aromatic N) is 3. The molecule has 3 N–H and O–H groups in total. The van der Waals surface area contributed by atoms with E-state index in [-0.39, 0.29) is 12.1 Å². The lowest BCUT2D eigenvalue weighted by atomic mass is 9.94. The number of morpholine rings is 1. The van der Waals surface area contributed by atoms with Gasteiger partial charge in [-0.2, -0.15) is 4.98 Å². The summed E-state index contributed by atoms with van der Waals surface area (Å²) in [6.45, 7) is 2.82. The number of rotatable bonds is 5. The van der Waals surface area contributed by atoms with E-state index in [9.17, 15) is 8.42 Å². The lowest BCUT2D eigenvalue weighted by Crippen LogP contribution is -2.37. The van der Waals surface area contributed by atoms with Crippen molar-refractivity contribution in [2.45, 2.75) is 37.8 Å². The normalized spacial score (nSPS) is 23.2. The van der Waals surface area contributed by atoms with Crippen LogP contribution in [0.4, 0.5) is 11.5 Å². The highest BCUT2D eigenvalue weighted by molar-refractivity contribution is 7.92. The summed E-state index contributed by atoms with van der Waals surface area (Å²) >= 11 is 0. The van der Waals surface area contributed by atoms with E-state index in [4.69, 9.17) is 20.2 Å². The lowest BCUT2D eigenvalue weighted by molar-refractivity contribution is 0.122. The maximum absolute atomic E-state index is 11.6. The molecule has 2 fully saturated rings. The van der Waals surface area contributed by atoms with E-state index >= 15 is 0 Å². The Morgan fingerprint density at radius 1 is 1.21 bits per heavy atom. The Labute approximate surface area is 170 Å². The monoisotopic (exact) mass is 421 g/mol. The number of anilines is 2. The number of sulfonamides is 1. The molecule has 1 aliphatic carbocycles. The number of pyridine rings is 2. The molecule has 1 saturated heterocycles. The summed E-state index contributed by atoms with van der Waals surface area (Å²) < 4.78 is 37.4. The van der Waals surface area contributed by atoms with Crippen LogP contribution < -0.4 is 20.1 Å². The summed E-state index contributed by atoms with van der Waals surface area (Å²) in [5, 5.41) is 0.686. The Kier molecular flexibility index (Phi) is 5.75. The fourth-order valence-electron chi connectivity index (χ4n) is 3.76. The third kappa shape index (κ3) is 5.06. The fourth-order valence-corrected chi connectivity index (χ4v) is 4.30. The second-order valence-corrected chi connectivity index (χ2v) is 9.45. The zero-order valence-electron chi connectivity index (χ0n) is 16.5. The van der Waals surface area contributed by atoms with Gasteiger partial charge in [-0.1, -0.05) is 0 Å². The molecule has 0 amide bonds. The summed E-state index contributed by atoms with van der Waals surface area (Å²) in [6.07, 6.45) is 6.25. The van der Waals surface area contributed by atoms with Gasteiger partial charge in [0, 0.05) is 25.2 Å². The SMILES string of the molecule is CS(=O)(=O)Nc1cnc2cc(N3CCOCC3)nc(O[C@H]3CC[C@@H](N)CC3)c2c1. The van der Waals surface area contributed by atoms with Crippen molar-refractivity contribution >= 4 is 32.4 Å². The standard InChI is InChI=1S/C19H27N5O4S/c1-29(25,26)23-14-10-16-17(21-12-14)11-18(24-6-8-27-9-7-24)22-19(16)28-15-4-2-13(20)3-5-15/h10-13,15,23H,2-9,20H2,1H3/t13-,15+. The first-order chi connectivity index (χ1) is 13.9. The van der Waals surface area contributed by atoms with Crippen LogP contribution in [0.25, 0.3) is 10.9 Å². The molecule has 1 saturated carbocycles.